The third-order valence-electron chi connectivity index (χ3n) is 3.68. The van der Waals surface area contributed by atoms with Crippen molar-refractivity contribution in [1.29, 1.82) is 0 Å². The number of amides is 1. The summed E-state index contributed by atoms with van der Waals surface area (Å²) < 4.78 is 28.6. The maximum absolute atomic E-state index is 12.2. The molecule has 5 nitrogen and oxygen atoms in total. The highest BCUT2D eigenvalue weighted by Gasteiger charge is 2.37. The van der Waals surface area contributed by atoms with Crippen LogP contribution in [0, 0.1) is 0 Å². The summed E-state index contributed by atoms with van der Waals surface area (Å²) in [5, 5.41) is 2.78. The lowest BCUT2D eigenvalue weighted by atomic mass is 9.80. The lowest BCUT2D eigenvalue weighted by molar-refractivity contribution is -0.0679. The molecule has 1 N–H and O–H groups in total. The number of carbonyl (C=O) groups is 1. The molecule has 8 heteroatoms. The first-order chi connectivity index (χ1) is 9.76. The molecule has 0 heterocycles. The molecule has 0 aromatic heterocycles. The molecule has 0 bridgehead atoms. The Kier molecular flexibility index (Phi) is 4.97. The van der Waals surface area contributed by atoms with Gasteiger partial charge in [0.25, 0.3) is 15.0 Å². The second-order valence-electron chi connectivity index (χ2n) is 5.04. The fourth-order valence-corrected chi connectivity index (χ4v) is 3.65. The zero-order valence-electron chi connectivity index (χ0n) is 11.4. The van der Waals surface area contributed by atoms with Crippen LogP contribution in [0.25, 0.3) is 0 Å². The van der Waals surface area contributed by atoms with E-state index in [1.807, 2.05) is 0 Å². The molecule has 0 radical (unpaired) electrons. The third kappa shape index (κ3) is 3.97. The maximum Gasteiger partial charge on any atom is 0.261 e. The molecule has 2 rings (SSSR count). The second kappa shape index (κ2) is 6.24. The van der Waals surface area contributed by atoms with Gasteiger partial charge in [-0.05, 0) is 37.5 Å². The van der Waals surface area contributed by atoms with Crippen molar-refractivity contribution >= 4 is 41.6 Å². The SMILES string of the molecule is COC1(CNC(=O)c2cc(Br)cc(S(=O)(=O)Cl)c2)CCC1. The predicted molar refractivity (Wildman–Crippen MR) is 83.1 cm³/mol. The second-order valence-corrected chi connectivity index (χ2v) is 8.52. The summed E-state index contributed by atoms with van der Waals surface area (Å²) in [5.74, 6) is -0.360. The lowest BCUT2D eigenvalue weighted by Gasteiger charge is -2.40. The van der Waals surface area contributed by atoms with E-state index in [4.69, 9.17) is 15.4 Å². The zero-order valence-corrected chi connectivity index (χ0v) is 14.5. The molecule has 1 aromatic rings. The Bertz CT molecular complexity index is 653. The van der Waals surface area contributed by atoms with Crippen molar-refractivity contribution in [3.8, 4) is 0 Å². The molecule has 1 aliphatic rings. The molecular weight excluding hydrogens is 382 g/mol. The largest absolute Gasteiger partial charge is 0.376 e. The van der Waals surface area contributed by atoms with Gasteiger partial charge in [-0.15, -0.1) is 0 Å². The van der Waals surface area contributed by atoms with Crippen LogP contribution < -0.4 is 5.32 Å². The van der Waals surface area contributed by atoms with E-state index < -0.39 is 9.05 Å². The number of methoxy groups -OCH3 is 1. The fourth-order valence-electron chi connectivity index (χ4n) is 2.20. The summed E-state index contributed by atoms with van der Waals surface area (Å²) in [5.41, 5.74) is -0.0579. The summed E-state index contributed by atoms with van der Waals surface area (Å²) in [6.07, 6.45) is 2.89. The number of rotatable bonds is 5. The summed E-state index contributed by atoms with van der Waals surface area (Å²) >= 11 is 3.18. The first kappa shape index (κ1) is 16.7. The first-order valence-electron chi connectivity index (χ1n) is 6.34. The van der Waals surface area contributed by atoms with E-state index in [0.29, 0.717) is 11.0 Å². The summed E-state index contributed by atoms with van der Waals surface area (Å²) in [6, 6.07) is 4.14. The minimum Gasteiger partial charge on any atom is -0.376 e. The highest BCUT2D eigenvalue weighted by molar-refractivity contribution is 9.10. The van der Waals surface area contributed by atoms with Crippen LogP contribution in [0.1, 0.15) is 29.6 Å². The molecule has 1 aliphatic carbocycles. The van der Waals surface area contributed by atoms with Gasteiger partial charge in [-0.3, -0.25) is 4.79 Å². The Morgan fingerprint density at radius 2 is 2.10 bits per heavy atom. The van der Waals surface area contributed by atoms with Gasteiger partial charge in [-0.2, -0.15) is 0 Å². The van der Waals surface area contributed by atoms with Crippen LogP contribution >= 0.6 is 26.6 Å². The Morgan fingerprint density at radius 1 is 1.43 bits per heavy atom. The predicted octanol–water partition coefficient (Wildman–Crippen LogP) is 2.68. The number of nitrogens with one attached hydrogen (secondary N) is 1. The van der Waals surface area contributed by atoms with Crippen LogP contribution in [0.5, 0.6) is 0 Å². The quantitative estimate of drug-likeness (QED) is 0.777. The van der Waals surface area contributed by atoms with Gasteiger partial charge in [0.1, 0.15) is 0 Å². The number of halogens is 2. The number of hydrogen-bond donors (Lipinski definition) is 1. The van der Waals surface area contributed by atoms with E-state index >= 15 is 0 Å². The van der Waals surface area contributed by atoms with Gasteiger partial charge in [-0.25, -0.2) is 8.42 Å². The molecule has 1 saturated carbocycles. The van der Waals surface area contributed by atoms with Crippen molar-refractivity contribution in [1.82, 2.24) is 5.32 Å². The number of hydrogen-bond acceptors (Lipinski definition) is 4. The highest BCUT2D eigenvalue weighted by Crippen LogP contribution is 2.34. The monoisotopic (exact) mass is 395 g/mol. The first-order valence-corrected chi connectivity index (χ1v) is 9.45. The van der Waals surface area contributed by atoms with Crippen molar-refractivity contribution in [3.05, 3.63) is 28.2 Å². The van der Waals surface area contributed by atoms with E-state index in [1.165, 1.54) is 12.1 Å². The minimum absolute atomic E-state index is 0.117. The van der Waals surface area contributed by atoms with Crippen LogP contribution in [0.3, 0.4) is 0 Å². The van der Waals surface area contributed by atoms with Gasteiger partial charge in [0.2, 0.25) is 0 Å². The number of carbonyl (C=O) groups excluding carboxylic acids is 1. The van der Waals surface area contributed by atoms with E-state index in [2.05, 4.69) is 21.2 Å². The molecular formula is C13H15BrClNO4S. The number of benzene rings is 1. The summed E-state index contributed by atoms with van der Waals surface area (Å²) in [7, 11) is 3.05. The maximum atomic E-state index is 12.2. The molecule has 0 saturated heterocycles. The van der Waals surface area contributed by atoms with Gasteiger partial charge in [0, 0.05) is 34.4 Å². The Hall–Kier alpha value is -0.630. The molecule has 1 fully saturated rings. The Labute approximate surface area is 136 Å². The van der Waals surface area contributed by atoms with Gasteiger partial charge < -0.3 is 10.1 Å². The molecule has 116 valence electrons. The summed E-state index contributed by atoms with van der Waals surface area (Å²) in [4.78, 5) is 12.0. The van der Waals surface area contributed by atoms with Gasteiger partial charge in [0.05, 0.1) is 10.5 Å². The number of ether oxygens (including phenoxy) is 1. The Morgan fingerprint density at radius 3 is 2.57 bits per heavy atom. The van der Waals surface area contributed by atoms with E-state index in [9.17, 15) is 13.2 Å². The normalized spacial score (nSPS) is 17.1. The third-order valence-corrected chi connectivity index (χ3v) is 5.48. The van der Waals surface area contributed by atoms with Crippen molar-refractivity contribution in [2.75, 3.05) is 13.7 Å². The molecule has 0 unspecified atom stereocenters. The van der Waals surface area contributed by atoms with E-state index in [0.717, 1.165) is 19.3 Å². The lowest BCUT2D eigenvalue weighted by Crippen LogP contribution is -2.49. The van der Waals surface area contributed by atoms with Gasteiger partial charge in [-0.1, -0.05) is 15.9 Å². The van der Waals surface area contributed by atoms with E-state index in [-0.39, 0.29) is 22.0 Å². The average molecular weight is 397 g/mol. The van der Waals surface area contributed by atoms with Crippen molar-refractivity contribution in [2.24, 2.45) is 0 Å². The zero-order chi connectivity index (χ0) is 15.7. The molecule has 1 amide bonds. The molecule has 0 atom stereocenters. The summed E-state index contributed by atoms with van der Waals surface area (Å²) in [6.45, 7) is 0.401. The van der Waals surface area contributed by atoms with E-state index in [1.54, 1.807) is 13.2 Å². The van der Waals surface area contributed by atoms with Crippen LogP contribution in [-0.4, -0.2) is 33.6 Å². The van der Waals surface area contributed by atoms with Crippen LogP contribution in [0.4, 0.5) is 0 Å². The highest BCUT2D eigenvalue weighted by atomic mass is 79.9. The Balaban J connectivity index is 2.14. The van der Waals surface area contributed by atoms with Gasteiger partial charge in [0.15, 0.2) is 0 Å². The van der Waals surface area contributed by atoms with Crippen LogP contribution in [0.15, 0.2) is 27.6 Å². The van der Waals surface area contributed by atoms with Crippen molar-refractivity contribution in [3.63, 3.8) is 0 Å². The van der Waals surface area contributed by atoms with Crippen LogP contribution in [-0.2, 0) is 13.8 Å². The topological polar surface area (TPSA) is 72.5 Å². The minimum atomic E-state index is -3.89. The van der Waals surface area contributed by atoms with Crippen molar-refractivity contribution < 1.29 is 17.9 Å². The molecule has 0 spiro atoms. The average Bonchev–Trinajstić information content (AvgIpc) is 2.36. The van der Waals surface area contributed by atoms with Crippen LogP contribution in [0.2, 0.25) is 0 Å². The standard InChI is InChI=1S/C13H15BrClNO4S/c1-20-13(3-2-4-13)8-16-12(17)9-5-10(14)7-11(6-9)21(15,18)19/h5-7H,2-4,8H2,1H3,(H,16,17). The molecule has 21 heavy (non-hydrogen) atoms. The van der Waals surface area contributed by atoms with Gasteiger partial charge >= 0.3 is 0 Å². The molecule has 1 aromatic carbocycles. The smallest absolute Gasteiger partial charge is 0.261 e. The fraction of sp³-hybridized carbons (Fsp3) is 0.462. The van der Waals surface area contributed by atoms with Crippen molar-refractivity contribution in [2.45, 2.75) is 29.8 Å². The molecule has 0 aliphatic heterocycles.